The van der Waals surface area contributed by atoms with Gasteiger partial charge in [0, 0.05) is 18.8 Å². The Hall–Kier alpha value is -2.67. The highest BCUT2D eigenvalue weighted by Gasteiger charge is 2.25. The molecule has 7 nitrogen and oxygen atoms in total. The van der Waals surface area contributed by atoms with E-state index in [-0.39, 0.29) is 24.4 Å². The third-order valence-electron chi connectivity index (χ3n) is 4.55. The number of rotatable bonds is 5. The second kappa shape index (κ2) is 6.68. The summed E-state index contributed by atoms with van der Waals surface area (Å²) in [5.41, 5.74) is 3.04. The summed E-state index contributed by atoms with van der Waals surface area (Å²) >= 11 is 0. The Bertz CT molecular complexity index is 796. The highest BCUT2D eigenvalue weighted by Crippen LogP contribution is 2.19. The first-order chi connectivity index (χ1) is 12.2. The van der Waals surface area contributed by atoms with Crippen LogP contribution in [0.1, 0.15) is 24.0 Å². The van der Waals surface area contributed by atoms with E-state index in [1.54, 1.807) is 12.4 Å². The monoisotopic (exact) mass is 339 g/mol. The van der Waals surface area contributed by atoms with Gasteiger partial charge >= 0.3 is 0 Å². The predicted molar refractivity (Wildman–Crippen MR) is 92.8 cm³/mol. The Morgan fingerprint density at radius 2 is 2.04 bits per heavy atom. The van der Waals surface area contributed by atoms with E-state index in [1.165, 1.54) is 15.8 Å². The van der Waals surface area contributed by atoms with Crippen molar-refractivity contribution in [2.24, 2.45) is 0 Å². The van der Waals surface area contributed by atoms with E-state index in [9.17, 15) is 9.59 Å². The number of hydrogen-bond acceptors (Lipinski definition) is 4. The topological polar surface area (TPSA) is 88.1 Å². The lowest BCUT2D eigenvalue weighted by molar-refractivity contribution is -0.122. The van der Waals surface area contributed by atoms with Gasteiger partial charge in [0.25, 0.3) is 0 Å². The lowest BCUT2D eigenvalue weighted by Crippen LogP contribution is -2.44. The van der Waals surface area contributed by atoms with Gasteiger partial charge in [0.2, 0.25) is 11.8 Å². The van der Waals surface area contributed by atoms with Crippen molar-refractivity contribution in [2.75, 3.05) is 5.32 Å². The van der Waals surface area contributed by atoms with Gasteiger partial charge in [-0.1, -0.05) is 24.3 Å². The number of amides is 2. The van der Waals surface area contributed by atoms with Crippen LogP contribution in [-0.4, -0.2) is 33.7 Å². The Kier molecular flexibility index (Phi) is 4.23. The summed E-state index contributed by atoms with van der Waals surface area (Å²) in [6.45, 7) is 0.857. The third-order valence-corrected chi connectivity index (χ3v) is 4.55. The van der Waals surface area contributed by atoms with Gasteiger partial charge in [-0.3, -0.25) is 14.3 Å². The smallest absolute Gasteiger partial charge is 0.241 e. The molecule has 1 aromatic carbocycles. The van der Waals surface area contributed by atoms with Gasteiger partial charge in [0.15, 0.2) is 0 Å². The molecule has 0 bridgehead atoms. The number of carbonyl (C=O) groups is 2. The molecule has 0 saturated heterocycles. The minimum atomic E-state index is -0.267. The molecular weight excluding hydrogens is 318 g/mol. The highest BCUT2D eigenvalue weighted by molar-refractivity contribution is 5.95. The molecule has 1 fully saturated rings. The number of anilines is 1. The number of fused-ring (bicyclic) bond motifs is 1. The molecule has 25 heavy (non-hydrogen) atoms. The first-order valence-electron chi connectivity index (χ1n) is 8.60. The minimum Gasteiger partial charge on any atom is -0.352 e. The molecule has 0 radical (unpaired) electrons. The van der Waals surface area contributed by atoms with Gasteiger partial charge in [-0.05, 0) is 30.4 Å². The van der Waals surface area contributed by atoms with Crippen LogP contribution in [0.4, 0.5) is 5.69 Å². The van der Waals surface area contributed by atoms with E-state index in [4.69, 9.17) is 0 Å². The summed E-state index contributed by atoms with van der Waals surface area (Å²) in [5.74, 6) is -0.134. The van der Waals surface area contributed by atoms with E-state index in [1.807, 2.05) is 12.1 Å². The van der Waals surface area contributed by atoms with E-state index >= 15 is 0 Å². The number of nitrogens with zero attached hydrogens (tertiary/aromatic N) is 2. The predicted octanol–water partition coefficient (Wildman–Crippen LogP) is 0.815. The van der Waals surface area contributed by atoms with Crippen LogP contribution in [-0.2, 0) is 29.1 Å². The molecule has 2 heterocycles. The van der Waals surface area contributed by atoms with Crippen molar-refractivity contribution >= 4 is 17.5 Å². The molecule has 1 aliphatic carbocycles. The van der Waals surface area contributed by atoms with Crippen molar-refractivity contribution in [2.45, 2.75) is 44.4 Å². The van der Waals surface area contributed by atoms with Crippen LogP contribution in [0.3, 0.4) is 0 Å². The summed E-state index contributed by atoms with van der Waals surface area (Å²) in [7, 11) is 0. The molecule has 7 heteroatoms. The van der Waals surface area contributed by atoms with Crippen LogP contribution in [0, 0.1) is 0 Å². The molecule has 1 aliphatic heterocycles. The fourth-order valence-corrected chi connectivity index (χ4v) is 3.03. The normalized spacial score (nSPS) is 19.1. The number of hydrogen-bond donors (Lipinski definition) is 3. The summed E-state index contributed by atoms with van der Waals surface area (Å²) in [6.07, 6.45) is 6.04. The number of carbonyl (C=O) groups excluding carboxylic acids is 2. The summed E-state index contributed by atoms with van der Waals surface area (Å²) in [4.78, 5) is 24.3. The van der Waals surface area contributed by atoms with Crippen molar-refractivity contribution in [3.05, 3.63) is 47.8 Å². The average Bonchev–Trinajstić information content (AvgIpc) is 3.32. The maximum atomic E-state index is 12.5. The SMILES string of the molecule is O=C(Cn1cc(NC(=O)C2Cc3ccccc3CN2)cn1)NC1CC1. The van der Waals surface area contributed by atoms with Gasteiger partial charge in [-0.2, -0.15) is 5.10 Å². The van der Waals surface area contributed by atoms with Gasteiger partial charge in [0.1, 0.15) is 6.54 Å². The fourth-order valence-electron chi connectivity index (χ4n) is 3.03. The van der Waals surface area contributed by atoms with Gasteiger partial charge < -0.3 is 16.0 Å². The van der Waals surface area contributed by atoms with Gasteiger partial charge in [-0.15, -0.1) is 0 Å². The first kappa shape index (κ1) is 15.8. The lowest BCUT2D eigenvalue weighted by atomic mass is 9.95. The number of nitrogens with one attached hydrogen (secondary N) is 3. The summed E-state index contributed by atoms with van der Waals surface area (Å²) < 4.78 is 1.54. The van der Waals surface area contributed by atoms with E-state index in [0.717, 1.165) is 12.8 Å². The molecular formula is C18H21N5O2. The van der Waals surface area contributed by atoms with Crippen LogP contribution in [0.5, 0.6) is 0 Å². The third kappa shape index (κ3) is 3.88. The van der Waals surface area contributed by atoms with Gasteiger partial charge in [0.05, 0.1) is 17.9 Å². The van der Waals surface area contributed by atoms with Crippen molar-refractivity contribution in [3.8, 4) is 0 Å². The Morgan fingerprint density at radius 1 is 1.24 bits per heavy atom. The maximum absolute atomic E-state index is 12.5. The lowest BCUT2D eigenvalue weighted by Gasteiger charge is -2.25. The van der Waals surface area contributed by atoms with Crippen LogP contribution in [0.25, 0.3) is 0 Å². The molecule has 3 N–H and O–H groups in total. The fraction of sp³-hybridized carbons (Fsp3) is 0.389. The first-order valence-corrected chi connectivity index (χ1v) is 8.60. The largest absolute Gasteiger partial charge is 0.352 e. The molecule has 1 aromatic heterocycles. The Balaban J connectivity index is 1.33. The van der Waals surface area contributed by atoms with E-state index in [0.29, 0.717) is 24.7 Å². The Labute approximate surface area is 145 Å². The zero-order chi connectivity index (χ0) is 17.2. The number of aromatic nitrogens is 2. The highest BCUT2D eigenvalue weighted by atomic mass is 16.2. The molecule has 2 aromatic rings. The summed E-state index contributed by atoms with van der Waals surface area (Å²) in [5, 5.41) is 13.2. The molecule has 0 spiro atoms. The van der Waals surface area contributed by atoms with Crippen molar-refractivity contribution < 1.29 is 9.59 Å². The van der Waals surface area contributed by atoms with Crippen molar-refractivity contribution in [3.63, 3.8) is 0 Å². The minimum absolute atomic E-state index is 0.0472. The zero-order valence-corrected chi connectivity index (χ0v) is 13.9. The number of benzene rings is 1. The Morgan fingerprint density at radius 3 is 2.84 bits per heavy atom. The molecule has 130 valence electrons. The molecule has 1 atom stereocenters. The van der Waals surface area contributed by atoms with Crippen LogP contribution < -0.4 is 16.0 Å². The summed E-state index contributed by atoms with van der Waals surface area (Å²) in [6, 6.07) is 8.21. The molecule has 1 unspecified atom stereocenters. The second-order valence-electron chi connectivity index (χ2n) is 6.66. The second-order valence-corrected chi connectivity index (χ2v) is 6.66. The van der Waals surface area contributed by atoms with Crippen LogP contribution >= 0.6 is 0 Å². The standard InChI is InChI=1S/C18H21N5O2/c24-17(21-14-5-6-14)11-23-10-15(9-20-23)22-18(25)16-7-12-3-1-2-4-13(12)8-19-16/h1-4,9-10,14,16,19H,5-8,11H2,(H,21,24)(H,22,25). The van der Waals surface area contributed by atoms with Crippen LogP contribution in [0.15, 0.2) is 36.7 Å². The average molecular weight is 339 g/mol. The molecule has 4 rings (SSSR count). The molecule has 2 amide bonds. The van der Waals surface area contributed by atoms with E-state index in [2.05, 4.69) is 33.2 Å². The van der Waals surface area contributed by atoms with Crippen molar-refractivity contribution in [1.29, 1.82) is 0 Å². The molecule has 2 aliphatic rings. The van der Waals surface area contributed by atoms with Crippen molar-refractivity contribution in [1.82, 2.24) is 20.4 Å². The molecule has 1 saturated carbocycles. The quantitative estimate of drug-likeness (QED) is 0.752. The van der Waals surface area contributed by atoms with Gasteiger partial charge in [-0.25, -0.2) is 0 Å². The maximum Gasteiger partial charge on any atom is 0.241 e. The van der Waals surface area contributed by atoms with E-state index < -0.39 is 0 Å². The van der Waals surface area contributed by atoms with Crippen LogP contribution in [0.2, 0.25) is 0 Å². The zero-order valence-electron chi connectivity index (χ0n) is 13.9.